The highest BCUT2D eigenvalue weighted by molar-refractivity contribution is 6.32. The standard InChI is InChI=1S/C18H23ClN2O4.ClH/c1-23-17-10-15(12-21-5-7-24-8-6-22)9-16(19)18(17)25-13-14-3-2-4-20-11-14;/h2-4,9-11,21-22H,5-8,12-13H2,1H3;1H. The van der Waals surface area contributed by atoms with E-state index in [0.717, 1.165) is 11.1 Å². The van der Waals surface area contributed by atoms with Crippen molar-refractivity contribution in [2.24, 2.45) is 0 Å². The van der Waals surface area contributed by atoms with Gasteiger partial charge in [-0.05, 0) is 23.8 Å². The molecule has 1 aromatic heterocycles. The molecule has 0 atom stereocenters. The Bertz CT molecular complexity index is 645. The SMILES string of the molecule is COc1cc(CNCCOCCO)cc(Cl)c1OCc1cccnc1.Cl. The lowest BCUT2D eigenvalue weighted by atomic mass is 10.2. The number of ether oxygens (including phenoxy) is 3. The van der Waals surface area contributed by atoms with Crippen molar-refractivity contribution in [1.82, 2.24) is 10.3 Å². The van der Waals surface area contributed by atoms with E-state index in [4.69, 9.17) is 30.9 Å². The second-order valence-electron chi connectivity index (χ2n) is 5.27. The summed E-state index contributed by atoms with van der Waals surface area (Å²) in [5, 5.41) is 12.4. The molecule has 0 aliphatic heterocycles. The third-order valence-corrected chi connectivity index (χ3v) is 3.66. The van der Waals surface area contributed by atoms with Crippen molar-refractivity contribution in [3.8, 4) is 11.5 Å². The lowest BCUT2D eigenvalue weighted by Crippen LogP contribution is -2.20. The van der Waals surface area contributed by atoms with E-state index in [1.54, 1.807) is 19.5 Å². The molecule has 0 saturated carbocycles. The number of aliphatic hydroxyl groups is 1. The van der Waals surface area contributed by atoms with Crippen molar-refractivity contribution in [3.63, 3.8) is 0 Å². The largest absolute Gasteiger partial charge is 0.493 e. The molecule has 1 heterocycles. The Labute approximate surface area is 164 Å². The van der Waals surface area contributed by atoms with Crippen LogP contribution in [0.4, 0.5) is 0 Å². The molecular formula is C18H24Cl2N2O4. The van der Waals surface area contributed by atoms with Crippen LogP contribution < -0.4 is 14.8 Å². The number of benzene rings is 1. The molecule has 0 bridgehead atoms. The summed E-state index contributed by atoms with van der Waals surface area (Å²) < 4.78 is 16.4. The van der Waals surface area contributed by atoms with Gasteiger partial charge in [0.05, 0.1) is 32.0 Å². The van der Waals surface area contributed by atoms with Crippen LogP contribution in [0.5, 0.6) is 11.5 Å². The summed E-state index contributed by atoms with van der Waals surface area (Å²) in [6.07, 6.45) is 3.46. The monoisotopic (exact) mass is 402 g/mol. The molecular weight excluding hydrogens is 379 g/mol. The van der Waals surface area contributed by atoms with Crippen molar-refractivity contribution < 1.29 is 19.3 Å². The van der Waals surface area contributed by atoms with E-state index in [1.165, 1.54) is 0 Å². The van der Waals surface area contributed by atoms with Crippen molar-refractivity contribution in [3.05, 3.63) is 52.8 Å². The molecule has 1 aromatic carbocycles. The fourth-order valence-electron chi connectivity index (χ4n) is 2.20. The van der Waals surface area contributed by atoms with E-state index in [1.807, 2.05) is 24.3 Å². The number of methoxy groups -OCH3 is 1. The van der Waals surface area contributed by atoms with E-state index < -0.39 is 0 Å². The zero-order chi connectivity index (χ0) is 17.9. The van der Waals surface area contributed by atoms with Crippen LogP contribution >= 0.6 is 24.0 Å². The minimum absolute atomic E-state index is 0. The van der Waals surface area contributed by atoms with E-state index >= 15 is 0 Å². The summed E-state index contributed by atoms with van der Waals surface area (Å²) in [6.45, 7) is 2.60. The van der Waals surface area contributed by atoms with Crippen LogP contribution in [0.2, 0.25) is 5.02 Å². The topological polar surface area (TPSA) is 72.8 Å². The number of hydrogen-bond donors (Lipinski definition) is 2. The highest BCUT2D eigenvalue weighted by Crippen LogP contribution is 2.36. The number of rotatable bonds is 11. The number of pyridine rings is 1. The molecule has 0 amide bonds. The van der Waals surface area contributed by atoms with Crippen LogP contribution in [0.1, 0.15) is 11.1 Å². The van der Waals surface area contributed by atoms with Gasteiger partial charge in [-0.25, -0.2) is 0 Å². The molecule has 144 valence electrons. The minimum atomic E-state index is 0. The van der Waals surface area contributed by atoms with Crippen LogP contribution in [0.25, 0.3) is 0 Å². The van der Waals surface area contributed by atoms with Crippen molar-refractivity contribution in [2.45, 2.75) is 13.2 Å². The Hall–Kier alpha value is -1.57. The Morgan fingerprint density at radius 1 is 1.23 bits per heavy atom. The first kappa shape index (κ1) is 22.5. The number of hydrogen-bond acceptors (Lipinski definition) is 6. The lowest BCUT2D eigenvalue weighted by Gasteiger charge is -2.14. The van der Waals surface area contributed by atoms with Crippen LogP contribution in [0.3, 0.4) is 0 Å². The summed E-state index contributed by atoms with van der Waals surface area (Å²) in [5.41, 5.74) is 1.94. The second-order valence-corrected chi connectivity index (χ2v) is 5.68. The molecule has 26 heavy (non-hydrogen) atoms. The van der Waals surface area contributed by atoms with Crippen molar-refractivity contribution in [2.75, 3.05) is 33.5 Å². The molecule has 2 N–H and O–H groups in total. The van der Waals surface area contributed by atoms with E-state index in [0.29, 0.717) is 49.4 Å². The molecule has 0 aliphatic rings. The van der Waals surface area contributed by atoms with Gasteiger partial charge in [0.15, 0.2) is 11.5 Å². The quantitative estimate of drug-likeness (QED) is 0.563. The summed E-state index contributed by atoms with van der Waals surface area (Å²) in [7, 11) is 1.59. The van der Waals surface area contributed by atoms with Crippen LogP contribution in [-0.2, 0) is 17.9 Å². The predicted molar refractivity (Wildman–Crippen MR) is 103 cm³/mol. The van der Waals surface area contributed by atoms with Gasteiger partial charge >= 0.3 is 0 Å². The average Bonchev–Trinajstić information content (AvgIpc) is 2.64. The fourth-order valence-corrected chi connectivity index (χ4v) is 2.49. The number of halogens is 2. The molecule has 0 spiro atoms. The first-order valence-electron chi connectivity index (χ1n) is 8.02. The number of nitrogens with one attached hydrogen (secondary N) is 1. The molecule has 2 rings (SSSR count). The summed E-state index contributed by atoms with van der Waals surface area (Å²) in [4.78, 5) is 4.06. The average molecular weight is 403 g/mol. The molecule has 0 fully saturated rings. The van der Waals surface area contributed by atoms with Gasteiger partial charge in [0.25, 0.3) is 0 Å². The Balaban J connectivity index is 0.00000338. The van der Waals surface area contributed by atoms with Gasteiger partial charge < -0.3 is 24.6 Å². The van der Waals surface area contributed by atoms with Gasteiger partial charge in [-0.15, -0.1) is 12.4 Å². The number of aliphatic hydroxyl groups excluding tert-OH is 1. The summed E-state index contributed by atoms with van der Waals surface area (Å²) in [6, 6.07) is 7.54. The first-order valence-corrected chi connectivity index (χ1v) is 8.40. The zero-order valence-electron chi connectivity index (χ0n) is 14.6. The first-order chi connectivity index (χ1) is 12.2. The maximum Gasteiger partial charge on any atom is 0.180 e. The molecule has 0 unspecified atom stereocenters. The highest BCUT2D eigenvalue weighted by Gasteiger charge is 2.12. The van der Waals surface area contributed by atoms with Crippen LogP contribution in [0.15, 0.2) is 36.7 Å². The molecule has 0 radical (unpaired) electrons. The molecule has 8 heteroatoms. The normalized spacial score (nSPS) is 10.3. The van der Waals surface area contributed by atoms with Crippen molar-refractivity contribution in [1.29, 1.82) is 0 Å². The summed E-state index contributed by atoms with van der Waals surface area (Å²) in [5.74, 6) is 1.10. The van der Waals surface area contributed by atoms with E-state index in [2.05, 4.69) is 10.3 Å². The highest BCUT2D eigenvalue weighted by atomic mass is 35.5. The van der Waals surface area contributed by atoms with Gasteiger partial charge in [-0.3, -0.25) is 4.98 Å². The fraction of sp³-hybridized carbons (Fsp3) is 0.389. The maximum absolute atomic E-state index is 8.64. The Morgan fingerprint density at radius 2 is 2.08 bits per heavy atom. The van der Waals surface area contributed by atoms with Gasteiger partial charge in [0, 0.05) is 31.0 Å². The van der Waals surface area contributed by atoms with Crippen LogP contribution in [-0.4, -0.2) is 43.6 Å². The molecule has 2 aromatic rings. The smallest absolute Gasteiger partial charge is 0.180 e. The molecule has 0 aliphatic carbocycles. The third kappa shape index (κ3) is 7.35. The maximum atomic E-state index is 8.64. The van der Waals surface area contributed by atoms with Gasteiger partial charge in [-0.2, -0.15) is 0 Å². The van der Waals surface area contributed by atoms with Gasteiger partial charge in [0.2, 0.25) is 0 Å². The van der Waals surface area contributed by atoms with E-state index in [9.17, 15) is 0 Å². The number of aromatic nitrogens is 1. The minimum Gasteiger partial charge on any atom is -0.493 e. The Kier molecular flexibility index (Phi) is 11.0. The van der Waals surface area contributed by atoms with Crippen molar-refractivity contribution >= 4 is 24.0 Å². The zero-order valence-corrected chi connectivity index (χ0v) is 16.2. The van der Waals surface area contributed by atoms with E-state index in [-0.39, 0.29) is 19.0 Å². The Morgan fingerprint density at radius 3 is 2.77 bits per heavy atom. The molecule has 6 nitrogen and oxygen atoms in total. The van der Waals surface area contributed by atoms with Gasteiger partial charge in [0.1, 0.15) is 6.61 Å². The lowest BCUT2D eigenvalue weighted by molar-refractivity contribution is 0.0938. The van der Waals surface area contributed by atoms with Gasteiger partial charge in [-0.1, -0.05) is 17.7 Å². The summed E-state index contributed by atoms with van der Waals surface area (Å²) >= 11 is 6.36. The van der Waals surface area contributed by atoms with Crippen LogP contribution in [0, 0.1) is 0 Å². The second kappa shape index (κ2) is 12.7. The number of nitrogens with zero attached hydrogens (tertiary/aromatic N) is 1. The third-order valence-electron chi connectivity index (χ3n) is 3.38. The predicted octanol–water partition coefficient (Wildman–Crippen LogP) is 2.84. The molecule has 0 saturated heterocycles.